The zero-order chi connectivity index (χ0) is 18.6. The van der Waals surface area contributed by atoms with Gasteiger partial charge in [-0.05, 0) is 36.5 Å². The molecule has 0 saturated carbocycles. The number of carbonyl (C=O) groups excluding carboxylic acids is 1. The second kappa shape index (κ2) is 7.80. The lowest BCUT2D eigenvalue weighted by atomic mass is 9.98. The molecule has 1 aliphatic heterocycles. The summed E-state index contributed by atoms with van der Waals surface area (Å²) in [6.45, 7) is 2.17. The molecule has 3 rings (SSSR count). The minimum atomic E-state index is -4.38. The number of hydrogen-bond donors (Lipinski definition) is 1. The summed E-state index contributed by atoms with van der Waals surface area (Å²) in [4.78, 5) is 18.1. The number of nitrogens with one attached hydrogen (secondary N) is 1. The van der Waals surface area contributed by atoms with Crippen molar-refractivity contribution in [1.29, 1.82) is 0 Å². The van der Waals surface area contributed by atoms with Gasteiger partial charge in [0.2, 0.25) is 0 Å². The van der Waals surface area contributed by atoms with Gasteiger partial charge in [-0.3, -0.25) is 0 Å². The molecule has 1 aliphatic rings. The first-order valence-corrected chi connectivity index (χ1v) is 8.56. The third-order valence-corrected chi connectivity index (χ3v) is 4.53. The summed E-state index contributed by atoms with van der Waals surface area (Å²) in [5.74, 6) is 0.345. The van der Waals surface area contributed by atoms with Gasteiger partial charge in [0.1, 0.15) is 0 Å². The van der Waals surface area contributed by atoms with E-state index in [2.05, 4.69) is 10.3 Å². The molecule has 1 N–H and O–H groups in total. The van der Waals surface area contributed by atoms with Gasteiger partial charge in [0, 0.05) is 38.6 Å². The van der Waals surface area contributed by atoms with Gasteiger partial charge in [0.05, 0.1) is 11.9 Å². The summed E-state index contributed by atoms with van der Waals surface area (Å²) in [7, 11) is 0. The molecule has 5 nitrogen and oxygen atoms in total. The Bertz CT molecular complexity index is 730. The highest BCUT2D eigenvalue weighted by Gasteiger charge is 2.30. The van der Waals surface area contributed by atoms with Crippen LogP contribution in [0.5, 0.6) is 0 Å². The topological polar surface area (TPSA) is 50.2 Å². The molecule has 2 amide bonds. The minimum absolute atomic E-state index is 0.0748. The second-order valence-corrected chi connectivity index (χ2v) is 6.57. The second-order valence-electron chi connectivity index (χ2n) is 6.57. The lowest BCUT2D eigenvalue weighted by Crippen LogP contribution is -2.46. The molecular formula is C18H21F3N4O. The molecule has 1 saturated heterocycles. The highest BCUT2D eigenvalue weighted by atomic mass is 19.4. The number of aromatic nitrogens is 2. The van der Waals surface area contributed by atoms with E-state index in [9.17, 15) is 18.0 Å². The average molecular weight is 366 g/mol. The molecule has 1 aromatic heterocycles. The summed E-state index contributed by atoms with van der Waals surface area (Å²) < 4.78 is 40.3. The maximum Gasteiger partial charge on any atom is 0.416 e. The molecule has 2 heterocycles. The summed E-state index contributed by atoms with van der Waals surface area (Å²) >= 11 is 0. The van der Waals surface area contributed by atoms with E-state index in [1.807, 2.05) is 10.8 Å². The molecular weight excluding hydrogens is 345 g/mol. The van der Waals surface area contributed by atoms with E-state index >= 15 is 0 Å². The number of likely N-dealkylation sites (tertiary alicyclic amines) is 1. The van der Waals surface area contributed by atoms with Crippen molar-refractivity contribution in [2.45, 2.75) is 32.1 Å². The number of amides is 2. The Hall–Kier alpha value is -2.51. The predicted octanol–water partition coefficient (Wildman–Crippen LogP) is 3.52. The Balaban J connectivity index is 1.53. The summed E-state index contributed by atoms with van der Waals surface area (Å²) in [6.07, 6.45) is 2.95. The van der Waals surface area contributed by atoms with E-state index < -0.39 is 11.7 Å². The van der Waals surface area contributed by atoms with Gasteiger partial charge in [0.25, 0.3) is 0 Å². The highest BCUT2D eigenvalue weighted by molar-refractivity contribution is 5.74. The number of carbonyl (C=O) groups is 1. The van der Waals surface area contributed by atoms with Crippen LogP contribution in [0, 0.1) is 5.92 Å². The number of hydrogen-bond acceptors (Lipinski definition) is 2. The van der Waals surface area contributed by atoms with Crippen LogP contribution < -0.4 is 5.32 Å². The molecule has 1 aromatic carbocycles. The van der Waals surface area contributed by atoms with Crippen LogP contribution in [0.1, 0.15) is 24.0 Å². The number of piperidine rings is 1. The molecule has 0 spiro atoms. The van der Waals surface area contributed by atoms with Crippen LogP contribution in [0.25, 0.3) is 0 Å². The van der Waals surface area contributed by atoms with Crippen LogP contribution in [-0.2, 0) is 19.3 Å². The Kier molecular flexibility index (Phi) is 5.49. The molecule has 0 aliphatic carbocycles. The van der Waals surface area contributed by atoms with Crippen LogP contribution in [-0.4, -0.2) is 33.6 Å². The number of halogens is 3. The van der Waals surface area contributed by atoms with E-state index in [1.54, 1.807) is 23.5 Å². The normalized spacial score (nSPS) is 18.0. The first kappa shape index (κ1) is 18.3. The van der Waals surface area contributed by atoms with E-state index in [-0.39, 0.29) is 12.6 Å². The maximum absolute atomic E-state index is 12.8. The standard InChI is InChI=1S/C18H21F3N4O/c19-18(20,21)16-5-1-3-14(9-16)10-23-17(26)25-7-2-4-15(12-25)11-24-8-6-22-13-24/h1,3,5-6,8-9,13,15H,2,4,7,10-12H2,(H,23,26)/t15-/m0/s1. The van der Waals surface area contributed by atoms with E-state index in [0.717, 1.165) is 31.5 Å². The third kappa shape index (κ3) is 4.77. The Morgan fingerprint density at radius 3 is 2.92 bits per heavy atom. The largest absolute Gasteiger partial charge is 0.416 e. The van der Waals surface area contributed by atoms with Crippen LogP contribution in [0.4, 0.5) is 18.0 Å². The Morgan fingerprint density at radius 2 is 2.19 bits per heavy atom. The minimum Gasteiger partial charge on any atom is -0.337 e. The van der Waals surface area contributed by atoms with Gasteiger partial charge in [0.15, 0.2) is 0 Å². The Morgan fingerprint density at radius 1 is 1.35 bits per heavy atom. The number of imidazole rings is 1. The first-order valence-electron chi connectivity index (χ1n) is 8.56. The maximum atomic E-state index is 12.8. The summed E-state index contributed by atoms with van der Waals surface area (Å²) in [5, 5.41) is 2.73. The molecule has 0 bridgehead atoms. The predicted molar refractivity (Wildman–Crippen MR) is 90.2 cm³/mol. The quantitative estimate of drug-likeness (QED) is 0.900. The van der Waals surface area contributed by atoms with Crippen LogP contribution in [0.15, 0.2) is 43.0 Å². The van der Waals surface area contributed by atoms with Gasteiger partial charge >= 0.3 is 12.2 Å². The van der Waals surface area contributed by atoms with Gasteiger partial charge in [-0.2, -0.15) is 13.2 Å². The smallest absolute Gasteiger partial charge is 0.337 e. The van der Waals surface area contributed by atoms with Crippen molar-refractivity contribution in [2.24, 2.45) is 5.92 Å². The third-order valence-electron chi connectivity index (χ3n) is 4.53. The molecule has 2 aromatic rings. The molecule has 8 heteroatoms. The lowest BCUT2D eigenvalue weighted by Gasteiger charge is -2.33. The van der Waals surface area contributed by atoms with Crippen LogP contribution in [0.3, 0.4) is 0 Å². The summed E-state index contributed by atoms with van der Waals surface area (Å²) in [5.41, 5.74) is -0.275. The summed E-state index contributed by atoms with van der Waals surface area (Å²) in [6, 6.07) is 4.78. The zero-order valence-corrected chi connectivity index (χ0v) is 14.2. The number of benzene rings is 1. The van der Waals surface area contributed by atoms with E-state index in [0.29, 0.717) is 24.6 Å². The van der Waals surface area contributed by atoms with Gasteiger partial charge < -0.3 is 14.8 Å². The number of nitrogens with zero attached hydrogens (tertiary/aromatic N) is 3. The van der Waals surface area contributed by atoms with E-state index in [1.165, 1.54) is 6.07 Å². The van der Waals surface area contributed by atoms with Crippen molar-refractivity contribution in [2.75, 3.05) is 13.1 Å². The fourth-order valence-electron chi connectivity index (χ4n) is 3.24. The average Bonchev–Trinajstić information content (AvgIpc) is 3.12. The molecule has 26 heavy (non-hydrogen) atoms. The molecule has 1 atom stereocenters. The number of urea groups is 1. The van der Waals surface area contributed by atoms with Crippen LogP contribution in [0.2, 0.25) is 0 Å². The van der Waals surface area contributed by atoms with Gasteiger partial charge in [-0.1, -0.05) is 12.1 Å². The van der Waals surface area contributed by atoms with Gasteiger partial charge in [-0.25, -0.2) is 9.78 Å². The van der Waals surface area contributed by atoms with E-state index in [4.69, 9.17) is 0 Å². The Labute approximate surface area is 149 Å². The fraction of sp³-hybridized carbons (Fsp3) is 0.444. The zero-order valence-electron chi connectivity index (χ0n) is 14.2. The molecule has 0 unspecified atom stereocenters. The molecule has 140 valence electrons. The lowest BCUT2D eigenvalue weighted by molar-refractivity contribution is -0.137. The van der Waals surface area contributed by atoms with Crippen molar-refractivity contribution in [3.8, 4) is 0 Å². The molecule has 1 fully saturated rings. The SMILES string of the molecule is O=C(NCc1cccc(C(F)(F)F)c1)N1CCC[C@@H](Cn2ccnc2)C1. The van der Waals surface area contributed by atoms with Crippen molar-refractivity contribution < 1.29 is 18.0 Å². The van der Waals surface area contributed by atoms with Crippen molar-refractivity contribution in [3.63, 3.8) is 0 Å². The van der Waals surface area contributed by atoms with Crippen molar-refractivity contribution in [3.05, 3.63) is 54.1 Å². The molecule has 0 radical (unpaired) electrons. The number of rotatable bonds is 4. The van der Waals surface area contributed by atoms with Gasteiger partial charge in [-0.15, -0.1) is 0 Å². The monoisotopic (exact) mass is 366 g/mol. The number of alkyl halides is 3. The highest BCUT2D eigenvalue weighted by Crippen LogP contribution is 2.29. The van der Waals surface area contributed by atoms with Crippen molar-refractivity contribution in [1.82, 2.24) is 19.8 Å². The van der Waals surface area contributed by atoms with Crippen molar-refractivity contribution >= 4 is 6.03 Å². The fourth-order valence-corrected chi connectivity index (χ4v) is 3.24. The first-order chi connectivity index (χ1) is 12.4. The van der Waals surface area contributed by atoms with Crippen LogP contribution >= 0.6 is 0 Å².